The van der Waals surface area contributed by atoms with Gasteiger partial charge in [0.15, 0.2) is 0 Å². The lowest BCUT2D eigenvalue weighted by atomic mass is 10.2. The van der Waals surface area contributed by atoms with E-state index in [4.69, 9.17) is 11.6 Å². The zero-order valence-corrected chi connectivity index (χ0v) is 15.4. The van der Waals surface area contributed by atoms with Gasteiger partial charge in [0.05, 0.1) is 5.75 Å². The molecule has 0 aromatic heterocycles. The van der Waals surface area contributed by atoms with Crippen LogP contribution < -0.4 is 4.90 Å². The van der Waals surface area contributed by atoms with E-state index < -0.39 is 0 Å². The normalized spacial score (nSPS) is 14.6. The lowest BCUT2D eigenvalue weighted by Gasteiger charge is -2.36. The van der Waals surface area contributed by atoms with E-state index in [1.165, 1.54) is 12.1 Å². The number of nitrogens with zero attached hydrogens (tertiary/aromatic N) is 2. The van der Waals surface area contributed by atoms with Gasteiger partial charge in [-0.15, -0.1) is 11.8 Å². The number of carbonyl (C=O) groups is 1. The van der Waals surface area contributed by atoms with Gasteiger partial charge in [-0.3, -0.25) is 4.79 Å². The van der Waals surface area contributed by atoms with Gasteiger partial charge >= 0.3 is 0 Å². The molecule has 1 fully saturated rings. The molecule has 2 aromatic rings. The van der Waals surface area contributed by atoms with Gasteiger partial charge in [0.2, 0.25) is 5.91 Å². The quantitative estimate of drug-likeness (QED) is 0.783. The Morgan fingerprint density at radius 1 is 1.00 bits per heavy atom. The van der Waals surface area contributed by atoms with Crippen molar-refractivity contribution in [2.24, 2.45) is 0 Å². The molecule has 1 saturated heterocycles. The smallest absolute Gasteiger partial charge is 0.232 e. The molecular formula is C19H20ClFN2OS. The van der Waals surface area contributed by atoms with Gasteiger partial charge in [-0.25, -0.2) is 4.39 Å². The van der Waals surface area contributed by atoms with Crippen LogP contribution >= 0.6 is 23.4 Å². The lowest BCUT2D eigenvalue weighted by molar-refractivity contribution is -0.128. The molecule has 0 saturated carbocycles. The van der Waals surface area contributed by atoms with Gasteiger partial charge in [0.25, 0.3) is 0 Å². The Labute approximate surface area is 156 Å². The molecule has 132 valence electrons. The number of anilines is 1. The van der Waals surface area contributed by atoms with Gasteiger partial charge in [-0.05, 0) is 42.0 Å². The highest BCUT2D eigenvalue weighted by molar-refractivity contribution is 7.99. The minimum absolute atomic E-state index is 0.169. The van der Waals surface area contributed by atoms with Crippen LogP contribution in [0.4, 0.5) is 10.1 Å². The molecule has 0 atom stereocenters. The van der Waals surface area contributed by atoms with Crippen LogP contribution in [0.5, 0.6) is 0 Å². The Kier molecular flexibility index (Phi) is 6.21. The SMILES string of the molecule is O=C(CSCc1ccc(F)cc1)N1CCN(c2ccc(Cl)cc2)CC1. The van der Waals surface area contributed by atoms with Gasteiger partial charge < -0.3 is 9.80 Å². The second-order valence-electron chi connectivity index (χ2n) is 5.96. The number of rotatable bonds is 5. The number of hydrogen-bond acceptors (Lipinski definition) is 3. The minimum Gasteiger partial charge on any atom is -0.368 e. The average molecular weight is 379 g/mol. The van der Waals surface area contributed by atoms with Crippen LogP contribution in [0, 0.1) is 5.82 Å². The largest absolute Gasteiger partial charge is 0.368 e. The second-order valence-corrected chi connectivity index (χ2v) is 7.39. The monoisotopic (exact) mass is 378 g/mol. The number of benzene rings is 2. The summed E-state index contributed by atoms with van der Waals surface area (Å²) >= 11 is 7.49. The van der Waals surface area contributed by atoms with E-state index >= 15 is 0 Å². The van der Waals surface area contributed by atoms with E-state index in [0.29, 0.717) is 5.75 Å². The van der Waals surface area contributed by atoms with Gasteiger partial charge in [0.1, 0.15) is 5.82 Å². The summed E-state index contributed by atoms with van der Waals surface area (Å²) in [6.45, 7) is 3.13. The summed E-state index contributed by atoms with van der Waals surface area (Å²) in [6.07, 6.45) is 0. The second kappa shape index (κ2) is 8.59. The van der Waals surface area contributed by atoms with Crippen molar-refractivity contribution < 1.29 is 9.18 Å². The standard InChI is InChI=1S/C19H20ClFN2OS/c20-16-3-7-18(8-4-16)22-9-11-23(12-10-22)19(24)14-25-13-15-1-5-17(21)6-2-15/h1-8H,9-14H2. The van der Waals surface area contributed by atoms with Crippen LogP contribution in [0.3, 0.4) is 0 Å². The molecule has 1 amide bonds. The Balaban J connectivity index is 1.42. The molecule has 6 heteroatoms. The predicted molar refractivity (Wildman–Crippen MR) is 103 cm³/mol. The first-order valence-electron chi connectivity index (χ1n) is 8.22. The zero-order valence-electron chi connectivity index (χ0n) is 13.8. The zero-order chi connectivity index (χ0) is 17.6. The van der Waals surface area contributed by atoms with Crippen LogP contribution in [0.25, 0.3) is 0 Å². The Morgan fingerprint density at radius 3 is 2.28 bits per heavy atom. The molecule has 1 aliphatic heterocycles. The minimum atomic E-state index is -0.233. The summed E-state index contributed by atoms with van der Waals surface area (Å²) in [6, 6.07) is 14.2. The first kappa shape index (κ1) is 18.1. The fourth-order valence-corrected chi connectivity index (χ4v) is 3.81. The van der Waals surface area contributed by atoms with Crippen molar-refractivity contribution in [2.75, 3.05) is 36.8 Å². The number of carbonyl (C=O) groups excluding carboxylic acids is 1. The summed E-state index contributed by atoms with van der Waals surface area (Å²) < 4.78 is 12.9. The fraction of sp³-hybridized carbons (Fsp3) is 0.316. The summed E-state index contributed by atoms with van der Waals surface area (Å²) in [5, 5.41) is 0.732. The van der Waals surface area contributed by atoms with Crippen molar-refractivity contribution >= 4 is 35.0 Å². The van der Waals surface area contributed by atoms with Crippen LogP contribution in [-0.4, -0.2) is 42.7 Å². The van der Waals surface area contributed by atoms with Crippen molar-refractivity contribution in [1.29, 1.82) is 0 Å². The number of thioether (sulfide) groups is 1. The van der Waals surface area contributed by atoms with Crippen LogP contribution in [0.15, 0.2) is 48.5 Å². The highest BCUT2D eigenvalue weighted by atomic mass is 35.5. The highest BCUT2D eigenvalue weighted by Crippen LogP contribution is 2.20. The van der Waals surface area contributed by atoms with E-state index in [-0.39, 0.29) is 11.7 Å². The molecule has 1 heterocycles. The first-order valence-corrected chi connectivity index (χ1v) is 9.75. The molecule has 0 spiro atoms. The summed E-state index contributed by atoms with van der Waals surface area (Å²) in [7, 11) is 0. The Bertz CT molecular complexity index is 700. The number of amides is 1. The third-order valence-electron chi connectivity index (χ3n) is 4.23. The van der Waals surface area contributed by atoms with E-state index in [0.717, 1.165) is 48.2 Å². The first-order chi connectivity index (χ1) is 12.1. The van der Waals surface area contributed by atoms with Crippen molar-refractivity contribution in [2.45, 2.75) is 5.75 Å². The lowest BCUT2D eigenvalue weighted by Crippen LogP contribution is -2.49. The van der Waals surface area contributed by atoms with Crippen molar-refractivity contribution in [3.8, 4) is 0 Å². The maximum Gasteiger partial charge on any atom is 0.232 e. The Morgan fingerprint density at radius 2 is 1.64 bits per heavy atom. The summed E-state index contributed by atoms with van der Waals surface area (Å²) in [4.78, 5) is 16.5. The molecule has 3 nitrogen and oxygen atoms in total. The molecule has 0 radical (unpaired) electrons. The molecular weight excluding hydrogens is 359 g/mol. The van der Waals surface area contributed by atoms with Crippen molar-refractivity contribution in [1.82, 2.24) is 4.90 Å². The molecule has 0 unspecified atom stereocenters. The highest BCUT2D eigenvalue weighted by Gasteiger charge is 2.21. The Hall–Kier alpha value is -1.72. The molecule has 0 aliphatic carbocycles. The van der Waals surface area contributed by atoms with Crippen LogP contribution in [-0.2, 0) is 10.5 Å². The van der Waals surface area contributed by atoms with Crippen LogP contribution in [0.2, 0.25) is 5.02 Å². The van der Waals surface area contributed by atoms with E-state index in [1.807, 2.05) is 29.2 Å². The third kappa shape index (κ3) is 5.13. The molecule has 3 rings (SSSR count). The molecule has 0 bridgehead atoms. The van der Waals surface area contributed by atoms with E-state index in [1.54, 1.807) is 23.9 Å². The van der Waals surface area contributed by atoms with Crippen molar-refractivity contribution in [3.63, 3.8) is 0 Å². The van der Waals surface area contributed by atoms with Gasteiger partial charge in [0, 0.05) is 42.6 Å². The maximum absolute atomic E-state index is 12.9. The molecule has 2 aromatic carbocycles. The third-order valence-corrected chi connectivity index (χ3v) is 5.47. The fourth-order valence-electron chi connectivity index (χ4n) is 2.79. The van der Waals surface area contributed by atoms with E-state index in [9.17, 15) is 9.18 Å². The predicted octanol–water partition coefficient (Wildman–Crippen LogP) is 4.06. The van der Waals surface area contributed by atoms with Crippen molar-refractivity contribution in [3.05, 3.63) is 64.9 Å². The number of piperazine rings is 1. The van der Waals surface area contributed by atoms with Gasteiger partial charge in [-0.1, -0.05) is 23.7 Å². The summed E-state index contributed by atoms with van der Waals surface area (Å²) in [5.74, 6) is 1.11. The van der Waals surface area contributed by atoms with E-state index in [2.05, 4.69) is 4.90 Å². The summed E-state index contributed by atoms with van der Waals surface area (Å²) in [5.41, 5.74) is 2.17. The molecule has 0 N–H and O–H groups in total. The topological polar surface area (TPSA) is 23.6 Å². The molecule has 25 heavy (non-hydrogen) atoms. The number of halogens is 2. The van der Waals surface area contributed by atoms with Gasteiger partial charge in [-0.2, -0.15) is 0 Å². The van der Waals surface area contributed by atoms with Crippen LogP contribution in [0.1, 0.15) is 5.56 Å². The maximum atomic E-state index is 12.9. The molecule has 1 aliphatic rings. The number of hydrogen-bond donors (Lipinski definition) is 0. The average Bonchev–Trinajstić information content (AvgIpc) is 2.64.